The number of amides is 2. The molecule has 0 heterocycles. The number of methoxy groups -OCH3 is 1. The first-order valence-electron chi connectivity index (χ1n) is 8.92. The van der Waals surface area contributed by atoms with Gasteiger partial charge in [0.05, 0.1) is 26.1 Å². The number of carbonyl (C=O) groups excluding carboxylic acids is 2. The average Bonchev–Trinajstić information content (AvgIpc) is 2.68. The smallest absolute Gasteiger partial charge is 0.224 e. The van der Waals surface area contributed by atoms with Crippen LogP contribution in [0.1, 0.15) is 24.9 Å². The van der Waals surface area contributed by atoms with Crippen LogP contribution in [-0.2, 0) is 9.59 Å². The summed E-state index contributed by atoms with van der Waals surface area (Å²) in [6, 6.07) is 13.9. The minimum Gasteiger partial charge on any atom is -0.497 e. The van der Waals surface area contributed by atoms with Gasteiger partial charge < -0.3 is 19.7 Å². The Hall–Kier alpha value is -2.73. The molecule has 2 aromatic carbocycles. The van der Waals surface area contributed by atoms with Gasteiger partial charge in [0.1, 0.15) is 18.1 Å². The number of likely N-dealkylation sites (N-methyl/N-ethyl adjacent to an activating group) is 1. The molecule has 2 rings (SSSR count). The highest BCUT2D eigenvalue weighted by Crippen LogP contribution is 2.21. The molecule has 2 amide bonds. The molecule has 0 radical (unpaired) electrons. The van der Waals surface area contributed by atoms with Crippen molar-refractivity contribution in [2.45, 2.75) is 19.4 Å². The van der Waals surface area contributed by atoms with Gasteiger partial charge in [0.25, 0.3) is 0 Å². The third kappa shape index (κ3) is 6.78. The van der Waals surface area contributed by atoms with Crippen molar-refractivity contribution in [3.63, 3.8) is 0 Å². The third-order valence-corrected chi connectivity index (χ3v) is 4.46. The van der Waals surface area contributed by atoms with Crippen molar-refractivity contribution < 1.29 is 19.1 Å². The number of hydrogen-bond acceptors (Lipinski definition) is 4. The van der Waals surface area contributed by atoms with Crippen LogP contribution in [0.15, 0.2) is 48.5 Å². The van der Waals surface area contributed by atoms with Gasteiger partial charge in [-0.3, -0.25) is 9.59 Å². The zero-order valence-corrected chi connectivity index (χ0v) is 17.0. The highest BCUT2D eigenvalue weighted by molar-refractivity contribution is 6.30. The van der Waals surface area contributed by atoms with Crippen LogP contribution in [0.4, 0.5) is 0 Å². The minimum atomic E-state index is -0.410. The first-order chi connectivity index (χ1) is 13.4. The SMILES string of the molecule is COc1ccc(OCCN(C)C(=O)CC(NC(C)=O)c2ccc(Cl)cc2)cc1. The van der Waals surface area contributed by atoms with Gasteiger partial charge in [-0.15, -0.1) is 0 Å². The lowest BCUT2D eigenvalue weighted by Crippen LogP contribution is -2.35. The summed E-state index contributed by atoms with van der Waals surface area (Å²) in [5.74, 6) is 1.18. The van der Waals surface area contributed by atoms with E-state index in [1.54, 1.807) is 31.2 Å². The molecule has 1 atom stereocenters. The maximum absolute atomic E-state index is 12.6. The van der Waals surface area contributed by atoms with Crippen molar-refractivity contribution in [2.24, 2.45) is 0 Å². The van der Waals surface area contributed by atoms with Crippen LogP contribution < -0.4 is 14.8 Å². The summed E-state index contributed by atoms with van der Waals surface area (Å²) in [6.07, 6.45) is 0.153. The maximum Gasteiger partial charge on any atom is 0.224 e. The van der Waals surface area contributed by atoms with Crippen molar-refractivity contribution in [2.75, 3.05) is 27.3 Å². The molecule has 0 aromatic heterocycles. The van der Waals surface area contributed by atoms with E-state index in [2.05, 4.69) is 5.32 Å². The molecule has 0 saturated carbocycles. The minimum absolute atomic E-state index is 0.0907. The second kappa shape index (κ2) is 10.6. The van der Waals surface area contributed by atoms with E-state index in [4.69, 9.17) is 21.1 Å². The fraction of sp³-hybridized carbons (Fsp3) is 0.333. The highest BCUT2D eigenvalue weighted by atomic mass is 35.5. The number of nitrogens with one attached hydrogen (secondary N) is 1. The second-order valence-electron chi connectivity index (χ2n) is 6.35. The molecule has 0 bridgehead atoms. The van der Waals surface area contributed by atoms with Gasteiger partial charge in [-0.2, -0.15) is 0 Å². The van der Waals surface area contributed by atoms with Gasteiger partial charge in [-0.25, -0.2) is 0 Å². The fourth-order valence-electron chi connectivity index (χ4n) is 2.62. The second-order valence-corrected chi connectivity index (χ2v) is 6.78. The van der Waals surface area contributed by atoms with Crippen molar-refractivity contribution in [1.29, 1.82) is 0 Å². The van der Waals surface area contributed by atoms with Gasteiger partial charge in [0.15, 0.2) is 0 Å². The monoisotopic (exact) mass is 404 g/mol. The largest absolute Gasteiger partial charge is 0.497 e. The van der Waals surface area contributed by atoms with Crippen molar-refractivity contribution in [3.8, 4) is 11.5 Å². The Kier molecular flexibility index (Phi) is 8.14. The molecule has 0 aliphatic heterocycles. The summed E-state index contributed by atoms with van der Waals surface area (Å²) in [4.78, 5) is 25.7. The van der Waals surface area contributed by atoms with Crippen molar-refractivity contribution in [1.82, 2.24) is 10.2 Å². The van der Waals surface area contributed by atoms with E-state index in [9.17, 15) is 9.59 Å². The zero-order chi connectivity index (χ0) is 20.5. The lowest BCUT2D eigenvalue weighted by atomic mass is 10.0. The standard InChI is InChI=1S/C21H25ClN2O4/c1-15(25)23-20(16-4-6-17(22)7-5-16)14-21(26)24(2)12-13-28-19-10-8-18(27-3)9-11-19/h4-11,20H,12-14H2,1-3H3,(H,23,25). The van der Waals surface area contributed by atoms with Crippen LogP contribution in [0, 0.1) is 0 Å². The van der Waals surface area contributed by atoms with E-state index in [1.807, 2.05) is 36.4 Å². The number of hydrogen-bond donors (Lipinski definition) is 1. The predicted octanol–water partition coefficient (Wildman–Crippen LogP) is 3.45. The summed E-state index contributed by atoms with van der Waals surface area (Å²) >= 11 is 5.92. The number of nitrogens with zero attached hydrogens (tertiary/aromatic N) is 1. The lowest BCUT2D eigenvalue weighted by Gasteiger charge is -2.23. The van der Waals surface area contributed by atoms with E-state index in [0.29, 0.717) is 23.9 Å². The molecule has 150 valence electrons. The zero-order valence-electron chi connectivity index (χ0n) is 16.3. The predicted molar refractivity (Wildman–Crippen MR) is 109 cm³/mol. The number of rotatable bonds is 9. The van der Waals surface area contributed by atoms with Crippen LogP contribution in [0.2, 0.25) is 5.02 Å². The van der Waals surface area contributed by atoms with E-state index >= 15 is 0 Å². The summed E-state index contributed by atoms with van der Waals surface area (Å²) < 4.78 is 10.8. The maximum atomic E-state index is 12.6. The average molecular weight is 405 g/mol. The molecule has 6 nitrogen and oxygen atoms in total. The van der Waals surface area contributed by atoms with Crippen molar-refractivity contribution in [3.05, 3.63) is 59.1 Å². The topological polar surface area (TPSA) is 67.9 Å². The molecule has 1 unspecified atom stereocenters. The summed E-state index contributed by atoms with van der Waals surface area (Å²) in [6.45, 7) is 2.22. The number of carbonyl (C=O) groups is 2. The van der Waals surface area contributed by atoms with E-state index in [0.717, 1.165) is 11.3 Å². The summed E-state index contributed by atoms with van der Waals surface area (Å²) in [5, 5.41) is 3.42. The summed E-state index contributed by atoms with van der Waals surface area (Å²) in [7, 11) is 3.32. The molecule has 1 N–H and O–H groups in total. The van der Waals surface area contributed by atoms with E-state index in [-0.39, 0.29) is 18.2 Å². The van der Waals surface area contributed by atoms with Gasteiger partial charge >= 0.3 is 0 Å². The van der Waals surface area contributed by atoms with Crippen LogP contribution in [0.3, 0.4) is 0 Å². The lowest BCUT2D eigenvalue weighted by molar-refractivity contribution is -0.131. The molecular weight excluding hydrogens is 380 g/mol. The van der Waals surface area contributed by atoms with Gasteiger partial charge in [0.2, 0.25) is 11.8 Å². The Morgan fingerprint density at radius 2 is 1.68 bits per heavy atom. The van der Waals surface area contributed by atoms with Crippen LogP contribution in [0.25, 0.3) is 0 Å². The van der Waals surface area contributed by atoms with Crippen molar-refractivity contribution >= 4 is 23.4 Å². The Morgan fingerprint density at radius 3 is 2.25 bits per heavy atom. The Labute approximate surface area is 170 Å². The van der Waals surface area contributed by atoms with Gasteiger partial charge in [-0.1, -0.05) is 23.7 Å². The first-order valence-corrected chi connectivity index (χ1v) is 9.30. The number of benzene rings is 2. The number of ether oxygens (including phenoxy) is 2. The molecular formula is C21H25ClN2O4. The van der Waals surface area contributed by atoms with E-state index in [1.165, 1.54) is 6.92 Å². The Morgan fingerprint density at radius 1 is 1.07 bits per heavy atom. The van der Waals surface area contributed by atoms with Gasteiger partial charge in [0, 0.05) is 19.0 Å². The molecule has 0 spiro atoms. The quantitative estimate of drug-likeness (QED) is 0.695. The molecule has 28 heavy (non-hydrogen) atoms. The third-order valence-electron chi connectivity index (χ3n) is 4.21. The van der Waals surface area contributed by atoms with Crippen LogP contribution >= 0.6 is 11.6 Å². The fourth-order valence-corrected chi connectivity index (χ4v) is 2.75. The van der Waals surface area contributed by atoms with E-state index < -0.39 is 6.04 Å². The molecule has 7 heteroatoms. The molecule has 2 aromatic rings. The molecule has 0 fully saturated rings. The first kappa shape index (κ1) is 21.6. The normalized spacial score (nSPS) is 11.4. The molecule has 0 saturated heterocycles. The van der Waals surface area contributed by atoms with Crippen LogP contribution in [-0.4, -0.2) is 44.0 Å². The Balaban J connectivity index is 1.88. The van der Waals surface area contributed by atoms with Crippen LogP contribution in [0.5, 0.6) is 11.5 Å². The number of halogens is 1. The van der Waals surface area contributed by atoms with Gasteiger partial charge in [-0.05, 0) is 42.0 Å². The molecule has 0 aliphatic carbocycles. The molecule has 0 aliphatic rings. The Bertz CT molecular complexity index is 778. The summed E-state index contributed by atoms with van der Waals surface area (Å²) in [5.41, 5.74) is 0.829. The highest BCUT2D eigenvalue weighted by Gasteiger charge is 2.19.